The fraction of sp³-hybridized carbons (Fsp3) is 0.364. The first-order valence-corrected chi connectivity index (χ1v) is 10.2. The number of hydrogen-bond donors (Lipinski definition) is 1. The van der Waals surface area contributed by atoms with Crippen molar-refractivity contribution >= 4 is 17.6 Å². The number of carbonyl (C=O) groups excluding carboxylic acids is 2. The Balaban J connectivity index is 1.85. The van der Waals surface area contributed by atoms with Gasteiger partial charge < -0.3 is 29.0 Å². The predicted molar refractivity (Wildman–Crippen MR) is 117 cm³/mol. The van der Waals surface area contributed by atoms with Crippen LogP contribution in [0.15, 0.2) is 36.4 Å². The van der Waals surface area contributed by atoms with Crippen molar-refractivity contribution in [2.45, 2.75) is 13.8 Å². The molecule has 0 aliphatic carbocycles. The number of nitrogens with one attached hydrogen (secondary N) is 1. The van der Waals surface area contributed by atoms with Crippen LogP contribution in [0, 0.1) is 10.1 Å². The van der Waals surface area contributed by atoms with Crippen LogP contribution < -0.4 is 24.3 Å². The molecular formula is C22H26N2O9. The highest BCUT2D eigenvalue weighted by atomic mass is 16.6. The van der Waals surface area contributed by atoms with Gasteiger partial charge in [0.15, 0.2) is 18.1 Å². The maximum Gasteiger partial charge on any atom is 0.345 e. The summed E-state index contributed by atoms with van der Waals surface area (Å²) in [5.41, 5.74) is -0.875. The molecule has 11 nitrogen and oxygen atoms in total. The number of amides is 1. The lowest BCUT2D eigenvalue weighted by atomic mass is 10.1. The van der Waals surface area contributed by atoms with E-state index < -0.39 is 29.1 Å². The molecule has 2 aromatic carbocycles. The van der Waals surface area contributed by atoms with Crippen LogP contribution in [0.4, 0.5) is 5.69 Å². The summed E-state index contributed by atoms with van der Waals surface area (Å²) in [4.78, 5) is 34.9. The zero-order valence-electron chi connectivity index (χ0n) is 18.6. The third-order valence-electron chi connectivity index (χ3n) is 4.16. The van der Waals surface area contributed by atoms with Gasteiger partial charge in [-0.2, -0.15) is 0 Å². The molecule has 2 rings (SSSR count). The van der Waals surface area contributed by atoms with E-state index in [1.165, 1.54) is 7.11 Å². The smallest absolute Gasteiger partial charge is 0.345 e. The predicted octanol–water partition coefficient (Wildman–Crippen LogP) is 2.75. The van der Waals surface area contributed by atoms with Gasteiger partial charge in [-0.25, -0.2) is 4.79 Å². The Morgan fingerprint density at radius 2 is 1.61 bits per heavy atom. The van der Waals surface area contributed by atoms with Crippen LogP contribution in [-0.4, -0.2) is 56.9 Å². The maximum atomic E-state index is 12.4. The van der Waals surface area contributed by atoms with Crippen molar-refractivity contribution in [3.05, 3.63) is 52.1 Å². The van der Waals surface area contributed by atoms with Gasteiger partial charge in [0.25, 0.3) is 11.6 Å². The molecule has 0 bridgehead atoms. The highest BCUT2D eigenvalue weighted by Gasteiger charge is 2.26. The molecule has 0 atom stereocenters. The van der Waals surface area contributed by atoms with E-state index in [2.05, 4.69) is 5.32 Å². The molecule has 1 N–H and O–H groups in total. The molecule has 11 heteroatoms. The summed E-state index contributed by atoms with van der Waals surface area (Å²) in [5, 5.41) is 13.9. The number of nitrogens with zero attached hydrogens (tertiary/aromatic N) is 1. The standard InChI is InChI=1S/C22H26N2O9/c1-4-30-15-6-8-16(9-7-15)32-11-10-23-21(25)14-33-22(26)17-12-19(29-3)20(31-5-2)13-18(17)24(27)28/h6-9,12-13H,4-5,10-11,14H2,1-3H3,(H,23,25). The number of hydrogen-bond acceptors (Lipinski definition) is 9. The van der Waals surface area contributed by atoms with Gasteiger partial charge in [-0.15, -0.1) is 0 Å². The molecule has 1 amide bonds. The van der Waals surface area contributed by atoms with Gasteiger partial charge >= 0.3 is 5.97 Å². The lowest BCUT2D eigenvalue weighted by molar-refractivity contribution is -0.385. The summed E-state index contributed by atoms with van der Waals surface area (Å²) >= 11 is 0. The molecule has 0 spiro atoms. The van der Waals surface area contributed by atoms with Crippen LogP contribution >= 0.6 is 0 Å². The number of methoxy groups -OCH3 is 1. The monoisotopic (exact) mass is 462 g/mol. The molecule has 0 saturated heterocycles. The van der Waals surface area contributed by atoms with Crippen LogP contribution in [0.2, 0.25) is 0 Å². The molecular weight excluding hydrogens is 436 g/mol. The first-order valence-electron chi connectivity index (χ1n) is 10.2. The molecule has 178 valence electrons. The summed E-state index contributed by atoms with van der Waals surface area (Å²) < 4.78 is 26.2. The van der Waals surface area contributed by atoms with E-state index in [4.69, 9.17) is 23.7 Å². The zero-order chi connectivity index (χ0) is 24.2. The highest BCUT2D eigenvalue weighted by molar-refractivity contribution is 5.96. The first-order chi connectivity index (χ1) is 15.9. The minimum Gasteiger partial charge on any atom is -0.494 e. The Morgan fingerprint density at radius 3 is 2.18 bits per heavy atom. The second-order valence-electron chi connectivity index (χ2n) is 6.39. The van der Waals surface area contributed by atoms with E-state index in [-0.39, 0.29) is 36.8 Å². The van der Waals surface area contributed by atoms with Crippen LogP contribution in [-0.2, 0) is 9.53 Å². The van der Waals surface area contributed by atoms with Gasteiger partial charge in [0.2, 0.25) is 0 Å². The topological polar surface area (TPSA) is 135 Å². The Bertz CT molecular complexity index is 961. The zero-order valence-corrected chi connectivity index (χ0v) is 18.6. The summed E-state index contributed by atoms with van der Waals surface area (Å²) in [6, 6.07) is 9.25. The average Bonchev–Trinajstić information content (AvgIpc) is 2.81. The van der Waals surface area contributed by atoms with Crippen LogP contribution in [0.1, 0.15) is 24.2 Å². The number of rotatable bonds is 13. The largest absolute Gasteiger partial charge is 0.494 e. The summed E-state index contributed by atoms with van der Waals surface area (Å²) in [6.07, 6.45) is 0. The van der Waals surface area contributed by atoms with Crippen molar-refractivity contribution in [3.8, 4) is 23.0 Å². The van der Waals surface area contributed by atoms with E-state index in [0.717, 1.165) is 17.9 Å². The number of nitro groups is 1. The number of ether oxygens (including phenoxy) is 5. The summed E-state index contributed by atoms with van der Waals surface area (Å²) in [7, 11) is 1.33. The fourth-order valence-corrected chi connectivity index (χ4v) is 2.71. The minimum atomic E-state index is -1.04. The van der Waals surface area contributed by atoms with Gasteiger partial charge in [-0.05, 0) is 38.1 Å². The highest BCUT2D eigenvalue weighted by Crippen LogP contribution is 2.35. The number of nitro benzene ring substituents is 1. The van der Waals surface area contributed by atoms with E-state index in [1.807, 2.05) is 6.92 Å². The van der Waals surface area contributed by atoms with Gasteiger partial charge in [0.1, 0.15) is 23.7 Å². The average molecular weight is 462 g/mol. The van der Waals surface area contributed by atoms with E-state index in [0.29, 0.717) is 12.4 Å². The summed E-state index contributed by atoms with van der Waals surface area (Å²) in [5.74, 6) is -0.0388. The van der Waals surface area contributed by atoms with Crippen molar-refractivity contribution < 1.29 is 38.2 Å². The van der Waals surface area contributed by atoms with E-state index >= 15 is 0 Å². The first kappa shape index (κ1) is 25.2. The van der Waals surface area contributed by atoms with Crippen LogP contribution in [0.5, 0.6) is 23.0 Å². The second-order valence-corrected chi connectivity index (χ2v) is 6.39. The van der Waals surface area contributed by atoms with Crippen molar-refractivity contribution in [3.63, 3.8) is 0 Å². The molecule has 2 aromatic rings. The molecule has 0 saturated carbocycles. The number of esters is 1. The fourth-order valence-electron chi connectivity index (χ4n) is 2.71. The van der Waals surface area contributed by atoms with Crippen LogP contribution in [0.25, 0.3) is 0 Å². The van der Waals surface area contributed by atoms with Gasteiger partial charge in [0, 0.05) is 6.07 Å². The third kappa shape index (κ3) is 7.56. The van der Waals surface area contributed by atoms with Gasteiger partial charge in [-0.1, -0.05) is 0 Å². The molecule has 0 fully saturated rings. The maximum absolute atomic E-state index is 12.4. The lowest BCUT2D eigenvalue weighted by Gasteiger charge is -2.12. The Hall–Kier alpha value is -4.02. The molecule has 0 heterocycles. The lowest BCUT2D eigenvalue weighted by Crippen LogP contribution is -2.32. The van der Waals surface area contributed by atoms with Gasteiger partial charge in [0.05, 0.1) is 37.9 Å². The molecule has 33 heavy (non-hydrogen) atoms. The quantitative estimate of drug-likeness (QED) is 0.206. The SMILES string of the molecule is CCOc1ccc(OCCNC(=O)COC(=O)c2cc(OC)c(OCC)cc2[N+](=O)[O-])cc1. The molecule has 0 aromatic heterocycles. The van der Waals surface area contributed by atoms with E-state index in [1.54, 1.807) is 31.2 Å². The molecule has 0 aliphatic heterocycles. The Labute approximate surface area is 190 Å². The Kier molecular flexibility index (Phi) is 9.75. The van der Waals surface area contributed by atoms with Crippen LogP contribution in [0.3, 0.4) is 0 Å². The second kappa shape index (κ2) is 12.7. The molecule has 0 aliphatic rings. The molecule has 0 radical (unpaired) electrons. The van der Waals surface area contributed by atoms with Gasteiger partial charge in [-0.3, -0.25) is 14.9 Å². The van der Waals surface area contributed by atoms with Crippen molar-refractivity contribution in [1.29, 1.82) is 0 Å². The number of benzene rings is 2. The van der Waals surface area contributed by atoms with E-state index in [9.17, 15) is 19.7 Å². The van der Waals surface area contributed by atoms with Crippen molar-refractivity contribution in [2.75, 3.05) is 40.1 Å². The Morgan fingerprint density at radius 1 is 0.970 bits per heavy atom. The normalized spacial score (nSPS) is 10.2. The minimum absolute atomic E-state index is 0.119. The number of carbonyl (C=O) groups is 2. The van der Waals surface area contributed by atoms with Crippen molar-refractivity contribution in [1.82, 2.24) is 5.32 Å². The third-order valence-corrected chi connectivity index (χ3v) is 4.16. The van der Waals surface area contributed by atoms with Crippen molar-refractivity contribution in [2.24, 2.45) is 0 Å². The summed E-state index contributed by atoms with van der Waals surface area (Å²) in [6.45, 7) is 4.15. The molecule has 0 unspecified atom stereocenters.